The number of hydrogen-bond donors (Lipinski definition) is 2. The van der Waals surface area contributed by atoms with Gasteiger partial charge in [-0.2, -0.15) is 8.78 Å². The zero-order chi connectivity index (χ0) is 14.9. The molecular formula is C12H13F2NO4S. The first-order valence-corrected chi connectivity index (χ1v) is 7.49. The zero-order valence-corrected chi connectivity index (χ0v) is 11.1. The lowest BCUT2D eigenvalue weighted by atomic mass is 10.1. The van der Waals surface area contributed by atoms with Crippen LogP contribution in [0.2, 0.25) is 0 Å². The highest BCUT2D eigenvalue weighted by Crippen LogP contribution is 2.36. The largest absolute Gasteiger partial charge is 0.480 e. The van der Waals surface area contributed by atoms with Crippen molar-refractivity contribution >= 4 is 21.5 Å². The minimum Gasteiger partial charge on any atom is -0.480 e. The summed E-state index contributed by atoms with van der Waals surface area (Å²) in [5.41, 5.74) is -0.105. The fourth-order valence-electron chi connectivity index (χ4n) is 1.91. The quantitative estimate of drug-likeness (QED) is 0.839. The Morgan fingerprint density at radius 1 is 1.30 bits per heavy atom. The summed E-state index contributed by atoms with van der Waals surface area (Å²) in [6, 6.07) is 4.12. The maximum Gasteiger partial charge on any atom is 0.341 e. The summed E-state index contributed by atoms with van der Waals surface area (Å²) >= 11 is 0. The van der Waals surface area contributed by atoms with E-state index in [1.807, 2.05) is 0 Å². The van der Waals surface area contributed by atoms with Crippen molar-refractivity contribution in [2.24, 2.45) is 5.92 Å². The van der Waals surface area contributed by atoms with Crippen molar-refractivity contribution in [2.45, 2.75) is 29.5 Å². The number of carbonyl (C=O) groups is 1. The van der Waals surface area contributed by atoms with Gasteiger partial charge in [0.25, 0.3) is 0 Å². The average Bonchev–Trinajstić information content (AvgIpc) is 3.20. The van der Waals surface area contributed by atoms with Gasteiger partial charge in [-0.1, -0.05) is 12.1 Å². The van der Waals surface area contributed by atoms with E-state index in [-0.39, 0.29) is 11.6 Å². The van der Waals surface area contributed by atoms with E-state index in [0.29, 0.717) is 12.8 Å². The van der Waals surface area contributed by atoms with Crippen LogP contribution in [0, 0.1) is 5.92 Å². The molecule has 110 valence electrons. The van der Waals surface area contributed by atoms with Gasteiger partial charge < -0.3 is 10.4 Å². The second-order valence-electron chi connectivity index (χ2n) is 4.60. The fraction of sp³-hybridized carbons (Fsp3) is 0.417. The monoisotopic (exact) mass is 305 g/mol. The van der Waals surface area contributed by atoms with E-state index in [1.54, 1.807) is 0 Å². The van der Waals surface area contributed by atoms with Crippen molar-refractivity contribution in [1.29, 1.82) is 0 Å². The normalized spacial score (nSPS) is 16.9. The van der Waals surface area contributed by atoms with E-state index >= 15 is 0 Å². The molecular weight excluding hydrogens is 292 g/mol. The van der Waals surface area contributed by atoms with Crippen LogP contribution in [0.5, 0.6) is 0 Å². The van der Waals surface area contributed by atoms with Gasteiger partial charge in [-0.3, -0.25) is 0 Å². The van der Waals surface area contributed by atoms with E-state index in [0.717, 1.165) is 6.07 Å². The van der Waals surface area contributed by atoms with Gasteiger partial charge in [0.2, 0.25) is 9.84 Å². The van der Waals surface area contributed by atoms with Crippen LogP contribution in [0.1, 0.15) is 12.8 Å². The van der Waals surface area contributed by atoms with Gasteiger partial charge in [0, 0.05) is 0 Å². The Balaban J connectivity index is 2.35. The molecule has 1 saturated carbocycles. The number of aliphatic carboxylic acids is 1. The Morgan fingerprint density at radius 2 is 1.90 bits per heavy atom. The number of halogens is 2. The van der Waals surface area contributed by atoms with Crippen LogP contribution in [0.3, 0.4) is 0 Å². The molecule has 1 aromatic rings. The maximum absolute atomic E-state index is 12.6. The summed E-state index contributed by atoms with van der Waals surface area (Å²) in [4.78, 5) is 10.5. The molecule has 1 unspecified atom stereocenters. The second kappa shape index (κ2) is 5.35. The van der Waals surface area contributed by atoms with Gasteiger partial charge in [-0.15, -0.1) is 0 Å². The minimum absolute atomic E-state index is 0.102. The lowest BCUT2D eigenvalue weighted by molar-refractivity contribution is -0.138. The summed E-state index contributed by atoms with van der Waals surface area (Å²) in [7, 11) is -4.77. The van der Waals surface area contributed by atoms with Gasteiger partial charge in [0.15, 0.2) is 0 Å². The van der Waals surface area contributed by atoms with Crippen molar-refractivity contribution in [2.75, 3.05) is 5.32 Å². The molecule has 20 heavy (non-hydrogen) atoms. The number of anilines is 1. The number of para-hydroxylation sites is 1. The molecule has 1 aromatic carbocycles. The predicted molar refractivity (Wildman–Crippen MR) is 67.4 cm³/mol. The highest BCUT2D eigenvalue weighted by Gasteiger charge is 2.37. The predicted octanol–water partition coefficient (Wildman–Crippen LogP) is 1.96. The molecule has 0 heterocycles. The topological polar surface area (TPSA) is 83.5 Å². The standard InChI is InChI=1S/C12H13F2NO4S/c13-12(14)20(18,19)9-4-2-1-3-8(9)15-10(11(16)17)7-5-6-7/h1-4,7,10,12,15H,5-6H2,(H,16,17). The van der Waals surface area contributed by atoms with Crippen LogP contribution in [-0.4, -0.2) is 31.3 Å². The number of hydrogen-bond acceptors (Lipinski definition) is 4. The summed E-state index contributed by atoms with van der Waals surface area (Å²) in [5.74, 6) is -4.78. The fourth-order valence-corrected chi connectivity index (χ4v) is 2.80. The Bertz CT molecular complexity index is 614. The molecule has 0 saturated heterocycles. The number of nitrogens with one attached hydrogen (secondary N) is 1. The van der Waals surface area contributed by atoms with Gasteiger partial charge >= 0.3 is 11.7 Å². The smallest absolute Gasteiger partial charge is 0.341 e. The Morgan fingerprint density at radius 3 is 2.40 bits per heavy atom. The Labute approximate surface area is 114 Å². The number of carboxylic acids is 1. The third-order valence-corrected chi connectivity index (χ3v) is 4.54. The summed E-state index contributed by atoms with van der Waals surface area (Å²) in [6.45, 7) is 0. The number of carboxylic acid groups (broad SMARTS) is 1. The third-order valence-electron chi connectivity index (χ3n) is 3.10. The van der Waals surface area contributed by atoms with Gasteiger partial charge in [0.1, 0.15) is 6.04 Å². The number of sulfone groups is 1. The lowest BCUT2D eigenvalue weighted by Crippen LogP contribution is -2.32. The zero-order valence-electron chi connectivity index (χ0n) is 10.3. The molecule has 0 aliphatic heterocycles. The molecule has 0 aromatic heterocycles. The summed E-state index contributed by atoms with van der Waals surface area (Å²) < 4.78 is 48.3. The summed E-state index contributed by atoms with van der Waals surface area (Å²) in [5, 5.41) is 11.6. The average molecular weight is 305 g/mol. The Hall–Kier alpha value is -1.70. The van der Waals surface area contributed by atoms with E-state index in [4.69, 9.17) is 5.11 Å². The highest BCUT2D eigenvalue weighted by molar-refractivity contribution is 7.91. The van der Waals surface area contributed by atoms with Crippen LogP contribution in [-0.2, 0) is 14.6 Å². The third kappa shape index (κ3) is 2.90. The molecule has 0 amide bonds. The molecule has 8 heteroatoms. The maximum atomic E-state index is 12.6. The van der Waals surface area contributed by atoms with E-state index in [1.165, 1.54) is 18.2 Å². The number of benzene rings is 1. The molecule has 0 radical (unpaired) electrons. The van der Waals surface area contributed by atoms with Crippen molar-refractivity contribution in [3.63, 3.8) is 0 Å². The van der Waals surface area contributed by atoms with Crippen LogP contribution in [0.25, 0.3) is 0 Å². The molecule has 1 aliphatic carbocycles. The molecule has 0 spiro atoms. The molecule has 2 rings (SSSR count). The van der Waals surface area contributed by atoms with Gasteiger partial charge in [-0.25, -0.2) is 13.2 Å². The van der Waals surface area contributed by atoms with Crippen LogP contribution < -0.4 is 5.32 Å². The van der Waals surface area contributed by atoms with Crippen molar-refractivity contribution in [3.05, 3.63) is 24.3 Å². The van der Waals surface area contributed by atoms with Gasteiger partial charge in [-0.05, 0) is 30.9 Å². The van der Waals surface area contributed by atoms with E-state index in [2.05, 4.69) is 5.32 Å². The molecule has 5 nitrogen and oxygen atoms in total. The van der Waals surface area contributed by atoms with Crippen LogP contribution >= 0.6 is 0 Å². The molecule has 1 aliphatic rings. The van der Waals surface area contributed by atoms with Crippen LogP contribution in [0.15, 0.2) is 29.2 Å². The van der Waals surface area contributed by atoms with Crippen molar-refractivity contribution in [3.8, 4) is 0 Å². The van der Waals surface area contributed by atoms with Crippen LogP contribution in [0.4, 0.5) is 14.5 Å². The number of rotatable bonds is 6. The van der Waals surface area contributed by atoms with E-state index in [9.17, 15) is 22.0 Å². The molecule has 2 N–H and O–H groups in total. The number of alkyl halides is 2. The van der Waals surface area contributed by atoms with Crippen molar-refractivity contribution < 1.29 is 27.1 Å². The lowest BCUT2D eigenvalue weighted by Gasteiger charge is -2.17. The van der Waals surface area contributed by atoms with E-state index < -0.39 is 32.5 Å². The first kappa shape index (κ1) is 14.7. The summed E-state index contributed by atoms with van der Waals surface area (Å²) in [6.07, 6.45) is 1.43. The first-order chi connectivity index (χ1) is 9.34. The minimum atomic E-state index is -4.77. The highest BCUT2D eigenvalue weighted by atomic mass is 32.2. The van der Waals surface area contributed by atoms with Gasteiger partial charge in [0.05, 0.1) is 10.6 Å². The first-order valence-electron chi connectivity index (χ1n) is 5.94. The molecule has 0 bridgehead atoms. The van der Waals surface area contributed by atoms with Crippen molar-refractivity contribution in [1.82, 2.24) is 0 Å². The SMILES string of the molecule is O=C(O)C(Nc1ccccc1S(=O)(=O)C(F)F)C1CC1. The molecule has 1 atom stereocenters. The second-order valence-corrected chi connectivity index (χ2v) is 6.49. The Kier molecular flexibility index (Phi) is 3.94. The molecule has 1 fully saturated rings.